The third-order valence-electron chi connectivity index (χ3n) is 10.9. The van der Waals surface area contributed by atoms with Crippen molar-refractivity contribution >= 4 is 90.9 Å². The SMILES string of the molecule is c1ccc(-c2ccc3c(sc4ccccc43)c2N(c2ccc(-c3ccc(-c4ccc5ccccc5c4)cc3)cc2)c2ccc3sc4ccccc4c3c2)cc1. The number of rotatable bonds is 6. The second-order valence-electron chi connectivity index (χ2n) is 14.1. The average Bonchev–Trinajstić information content (AvgIpc) is 3.83. The summed E-state index contributed by atoms with van der Waals surface area (Å²) in [5.74, 6) is 0. The molecule has 0 aliphatic heterocycles. The molecule has 1 nitrogen and oxygen atoms in total. The molecule has 0 aliphatic rings. The van der Waals surface area contributed by atoms with Gasteiger partial charge in [0.1, 0.15) is 0 Å². The molecule has 0 amide bonds. The lowest BCUT2D eigenvalue weighted by Gasteiger charge is -2.29. The van der Waals surface area contributed by atoms with Crippen molar-refractivity contribution < 1.29 is 0 Å². The fourth-order valence-electron chi connectivity index (χ4n) is 8.13. The molecule has 0 N–H and O–H groups in total. The summed E-state index contributed by atoms with van der Waals surface area (Å²) in [5.41, 5.74) is 10.7. The van der Waals surface area contributed by atoms with Crippen LogP contribution in [0.3, 0.4) is 0 Å². The zero-order valence-electron chi connectivity index (χ0n) is 29.8. The van der Waals surface area contributed by atoms with E-state index in [4.69, 9.17) is 0 Å². The van der Waals surface area contributed by atoms with Gasteiger partial charge in [-0.25, -0.2) is 0 Å². The summed E-state index contributed by atoms with van der Waals surface area (Å²) < 4.78 is 5.20. The highest BCUT2D eigenvalue weighted by Gasteiger charge is 2.23. The Bertz CT molecular complexity index is 3190. The normalized spacial score (nSPS) is 11.6. The summed E-state index contributed by atoms with van der Waals surface area (Å²) in [6.07, 6.45) is 0. The van der Waals surface area contributed by atoms with E-state index in [0.29, 0.717) is 0 Å². The number of hydrogen-bond acceptors (Lipinski definition) is 3. The summed E-state index contributed by atoms with van der Waals surface area (Å²) in [6.45, 7) is 0. The summed E-state index contributed by atoms with van der Waals surface area (Å²) in [6, 6.07) is 73.5. The van der Waals surface area contributed by atoms with Crippen LogP contribution < -0.4 is 4.90 Å². The Morgan fingerprint density at radius 2 is 0.873 bits per heavy atom. The van der Waals surface area contributed by atoms with E-state index in [2.05, 4.69) is 205 Å². The Morgan fingerprint density at radius 3 is 1.64 bits per heavy atom. The number of thiophene rings is 2. The van der Waals surface area contributed by atoms with Crippen molar-refractivity contribution in [1.82, 2.24) is 0 Å². The van der Waals surface area contributed by atoms with E-state index >= 15 is 0 Å². The van der Waals surface area contributed by atoms with Gasteiger partial charge in [-0.3, -0.25) is 0 Å². The van der Waals surface area contributed by atoms with Gasteiger partial charge in [0.15, 0.2) is 0 Å². The highest BCUT2D eigenvalue weighted by atomic mass is 32.1. The lowest BCUT2D eigenvalue weighted by Crippen LogP contribution is -2.11. The van der Waals surface area contributed by atoms with Crippen molar-refractivity contribution in [1.29, 1.82) is 0 Å². The van der Waals surface area contributed by atoms with Crippen molar-refractivity contribution in [3.8, 4) is 33.4 Å². The highest BCUT2D eigenvalue weighted by Crippen LogP contribution is 2.50. The van der Waals surface area contributed by atoms with Gasteiger partial charge in [-0.05, 0) is 87.1 Å². The third-order valence-corrected chi connectivity index (χ3v) is 13.2. The summed E-state index contributed by atoms with van der Waals surface area (Å²) in [7, 11) is 0. The van der Waals surface area contributed by atoms with Crippen molar-refractivity contribution in [3.63, 3.8) is 0 Å². The molecule has 11 rings (SSSR count). The van der Waals surface area contributed by atoms with Gasteiger partial charge < -0.3 is 4.90 Å². The Hall–Kier alpha value is -6.52. The molecule has 0 aliphatic carbocycles. The van der Waals surface area contributed by atoms with Gasteiger partial charge in [0.25, 0.3) is 0 Å². The molecule has 55 heavy (non-hydrogen) atoms. The molecule has 0 unspecified atom stereocenters. The zero-order chi connectivity index (χ0) is 36.3. The van der Waals surface area contributed by atoms with Crippen LogP contribution in [0.15, 0.2) is 200 Å². The molecule has 2 aromatic heterocycles. The molecule has 3 heteroatoms. The summed E-state index contributed by atoms with van der Waals surface area (Å²) in [4.78, 5) is 2.50. The molecule has 0 saturated heterocycles. The molecule has 0 fully saturated rings. The molecular weight excluding hydrogens is 703 g/mol. The molecule has 258 valence electrons. The quantitative estimate of drug-likeness (QED) is 0.164. The van der Waals surface area contributed by atoms with Gasteiger partial charge in [-0.15, -0.1) is 22.7 Å². The van der Waals surface area contributed by atoms with Crippen LogP contribution in [0.4, 0.5) is 17.1 Å². The van der Waals surface area contributed by atoms with Crippen LogP contribution in [-0.2, 0) is 0 Å². The standard InChI is InChI=1S/C52H33NS2/c1-2-11-38(12-3-1)43-29-30-46-44-14-6-9-17-49(44)55-52(46)51(43)53(42-28-31-50-47(33-42)45-15-7-8-16-48(45)54-50)41-26-24-36(25-27-41)35-18-20-37(21-19-35)40-23-22-34-10-4-5-13-39(34)32-40/h1-33H. The van der Waals surface area contributed by atoms with Crippen molar-refractivity contribution in [3.05, 3.63) is 200 Å². The van der Waals surface area contributed by atoms with Crippen molar-refractivity contribution in [2.24, 2.45) is 0 Å². The summed E-state index contributed by atoms with van der Waals surface area (Å²) >= 11 is 3.75. The molecule has 11 aromatic rings. The summed E-state index contributed by atoms with van der Waals surface area (Å²) in [5, 5.41) is 7.69. The number of hydrogen-bond donors (Lipinski definition) is 0. The van der Waals surface area contributed by atoms with Crippen molar-refractivity contribution in [2.45, 2.75) is 0 Å². The van der Waals surface area contributed by atoms with E-state index in [1.165, 1.54) is 90.2 Å². The van der Waals surface area contributed by atoms with Gasteiger partial charge in [0, 0.05) is 52.6 Å². The van der Waals surface area contributed by atoms with E-state index in [-0.39, 0.29) is 0 Å². The minimum absolute atomic E-state index is 1.12. The fourth-order valence-corrected chi connectivity index (χ4v) is 10.5. The molecule has 0 bridgehead atoms. The van der Waals surface area contributed by atoms with E-state index < -0.39 is 0 Å². The van der Waals surface area contributed by atoms with Crippen LogP contribution in [0.5, 0.6) is 0 Å². The van der Waals surface area contributed by atoms with E-state index in [1.54, 1.807) is 0 Å². The lowest BCUT2D eigenvalue weighted by molar-refractivity contribution is 1.31. The maximum atomic E-state index is 2.50. The lowest BCUT2D eigenvalue weighted by atomic mass is 9.97. The monoisotopic (exact) mass is 735 g/mol. The predicted octanol–water partition coefficient (Wildman–Crippen LogP) is 16.0. The predicted molar refractivity (Wildman–Crippen MR) is 241 cm³/mol. The maximum absolute atomic E-state index is 2.50. The first-order valence-corrected chi connectivity index (χ1v) is 20.3. The third kappa shape index (κ3) is 5.51. The minimum atomic E-state index is 1.12. The Morgan fingerprint density at radius 1 is 0.309 bits per heavy atom. The van der Waals surface area contributed by atoms with Gasteiger partial charge in [0.05, 0.1) is 10.4 Å². The van der Waals surface area contributed by atoms with Gasteiger partial charge in [-0.2, -0.15) is 0 Å². The largest absolute Gasteiger partial charge is 0.308 e. The van der Waals surface area contributed by atoms with Crippen molar-refractivity contribution in [2.75, 3.05) is 4.90 Å². The number of fused-ring (bicyclic) bond motifs is 7. The number of anilines is 3. The van der Waals surface area contributed by atoms with Crippen LogP contribution in [0.2, 0.25) is 0 Å². The highest BCUT2D eigenvalue weighted by molar-refractivity contribution is 7.26. The molecule has 0 atom stereocenters. The van der Waals surface area contributed by atoms with Crippen LogP contribution >= 0.6 is 22.7 Å². The van der Waals surface area contributed by atoms with Gasteiger partial charge in [0.2, 0.25) is 0 Å². The van der Waals surface area contributed by atoms with E-state index in [0.717, 1.165) is 11.4 Å². The topological polar surface area (TPSA) is 3.24 Å². The zero-order valence-corrected chi connectivity index (χ0v) is 31.4. The Labute approximate surface area is 327 Å². The maximum Gasteiger partial charge on any atom is 0.0718 e. The van der Waals surface area contributed by atoms with Crippen LogP contribution in [-0.4, -0.2) is 0 Å². The molecular formula is C52H33NS2. The first kappa shape index (κ1) is 32.0. The molecule has 2 heterocycles. The molecule has 9 aromatic carbocycles. The minimum Gasteiger partial charge on any atom is -0.308 e. The van der Waals surface area contributed by atoms with E-state index in [1.807, 2.05) is 22.7 Å². The second-order valence-corrected chi connectivity index (χ2v) is 16.2. The van der Waals surface area contributed by atoms with E-state index in [9.17, 15) is 0 Å². The second kappa shape index (κ2) is 13.1. The molecule has 0 spiro atoms. The average molecular weight is 736 g/mol. The van der Waals surface area contributed by atoms with Gasteiger partial charge >= 0.3 is 0 Å². The molecule has 0 saturated carbocycles. The first-order chi connectivity index (χ1) is 27.2. The van der Waals surface area contributed by atoms with Crippen LogP contribution in [0, 0.1) is 0 Å². The molecule has 0 radical (unpaired) electrons. The fraction of sp³-hybridized carbons (Fsp3) is 0. The smallest absolute Gasteiger partial charge is 0.0718 e. The Kier molecular flexibility index (Phi) is 7.61. The van der Waals surface area contributed by atoms with Crippen LogP contribution in [0.1, 0.15) is 0 Å². The first-order valence-electron chi connectivity index (χ1n) is 18.7. The number of benzene rings is 9. The van der Waals surface area contributed by atoms with Gasteiger partial charge in [-0.1, -0.05) is 152 Å². The Balaban J connectivity index is 1.08. The number of nitrogens with zero attached hydrogens (tertiary/aromatic N) is 1. The van der Waals surface area contributed by atoms with Crippen LogP contribution in [0.25, 0.3) is 84.5 Å².